The van der Waals surface area contributed by atoms with Gasteiger partial charge in [0.1, 0.15) is 0 Å². The van der Waals surface area contributed by atoms with E-state index in [9.17, 15) is 13.2 Å². The number of hydrogen-bond acceptors (Lipinski definition) is 4. The van der Waals surface area contributed by atoms with Gasteiger partial charge in [0.25, 0.3) is 0 Å². The Kier molecular flexibility index (Phi) is 5.62. The van der Waals surface area contributed by atoms with Crippen LogP contribution < -0.4 is 15.8 Å². The monoisotopic (exact) mass is 317 g/mol. The van der Waals surface area contributed by atoms with Crippen LogP contribution in [0.2, 0.25) is 0 Å². The van der Waals surface area contributed by atoms with Crippen molar-refractivity contribution >= 4 is 15.9 Å². The summed E-state index contributed by atoms with van der Waals surface area (Å²) in [6, 6.07) is 0.263. The molecule has 0 spiro atoms. The predicted molar refractivity (Wildman–Crippen MR) is 82.0 cm³/mol. The highest BCUT2D eigenvalue weighted by atomic mass is 32.2. The molecular formula is C14H27N3O3S. The van der Waals surface area contributed by atoms with Gasteiger partial charge in [0.05, 0.1) is 5.75 Å². The molecule has 2 unspecified atom stereocenters. The number of carbonyl (C=O) groups excluding carboxylic acids is 1. The molecule has 2 aliphatic carbocycles. The third-order valence-corrected chi connectivity index (χ3v) is 6.31. The first-order chi connectivity index (χ1) is 9.93. The minimum absolute atomic E-state index is 0.0443. The fourth-order valence-electron chi connectivity index (χ4n) is 3.64. The highest BCUT2D eigenvalue weighted by Crippen LogP contribution is 2.41. The number of fused-ring (bicyclic) bond motifs is 2. The fraction of sp³-hybridized carbons (Fsp3) is 0.929. The van der Waals surface area contributed by atoms with Crippen LogP contribution in [0.5, 0.6) is 0 Å². The van der Waals surface area contributed by atoms with Crippen molar-refractivity contribution < 1.29 is 13.2 Å². The maximum Gasteiger partial charge on any atom is 0.223 e. The number of nitrogens with two attached hydrogens (primary N) is 1. The molecule has 7 heteroatoms. The summed E-state index contributed by atoms with van der Waals surface area (Å²) in [5.41, 5.74) is 6.22. The van der Waals surface area contributed by atoms with Crippen molar-refractivity contribution in [2.45, 2.75) is 45.1 Å². The minimum atomic E-state index is -3.18. The largest absolute Gasteiger partial charge is 0.355 e. The van der Waals surface area contributed by atoms with Gasteiger partial charge in [-0.25, -0.2) is 13.1 Å². The molecule has 21 heavy (non-hydrogen) atoms. The van der Waals surface area contributed by atoms with Crippen molar-refractivity contribution in [3.63, 3.8) is 0 Å². The van der Waals surface area contributed by atoms with Crippen LogP contribution >= 0.6 is 0 Å². The topological polar surface area (TPSA) is 101 Å². The van der Waals surface area contributed by atoms with Crippen LogP contribution in [-0.4, -0.2) is 39.2 Å². The van der Waals surface area contributed by atoms with Gasteiger partial charge in [0.15, 0.2) is 0 Å². The van der Waals surface area contributed by atoms with Gasteiger partial charge < -0.3 is 11.1 Å². The lowest BCUT2D eigenvalue weighted by molar-refractivity contribution is -0.127. The van der Waals surface area contributed by atoms with E-state index < -0.39 is 10.0 Å². The SMILES string of the molecule is CCS(=O)(=O)NCCNC(=O)C1CC2CCCC(C1)C2N. The molecule has 2 fully saturated rings. The third kappa shape index (κ3) is 4.40. The van der Waals surface area contributed by atoms with E-state index in [0.717, 1.165) is 25.7 Å². The Labute approximate surface area is 127 Å². The summed E-state index contributed by atoms with van der Waals surface area (Å²) < 4.78 is 25.0. The lowest BCUT2D eigenvalue weighted by atomic mass is 9.65. The number of carbonyl (C=O) groups is 1. The van der Waals surface area contributed by atoms with Crippen LogP contribution in [0.1, 0.15) is 39.0 Å². The molecule has 122 valence electrons. The summed E-state index contributed by atoms with van der Waals surface area (Å²) in [5, 5.41) is 2.85. The Hall–Kier alpha value is -0.660. The standard InChI is InChI=1S/C14H27N3O3S/c1-2-21(19,20)17-7-6-16-14(18)12-8-10-4-3-5-11(9-12)13(10)15/h10-13,17H,2-9,15H2,1H3,(H,16,18). The highest BCUT2D eigenvalue weighted by molar-refractivity contribution is 7.89. The van der Waals surface area contributed by atoms with Crippen molar-refractivity contribution in [3.8, 4) is 0 Å². The van der Waals surface area contributed by atoms with Crippen LogP contribution in [0.15, 0.2) is 0 Å². The maximum atomic E-state index is 12.2. The molecule has 6 nitrogen and oxygen atoms in total. The van der Waals surface area contributed by atoms with E-state index in [-0.39, 0.29) is 30.2 Å². The quantitative estimate of drug-likeness (QED) is 0.609. The molecule has 2 saturated carbocycles. The normalized spacial score (nSPS) is 32.7. The molecule has 0 aromatic rings. The predicted octanol–water partition coefficient (Wildman–Crippen LogP) is 0.196. The Morgan fingerprint density at radius 2 is 1.81 bits per heavy atom. The van der Waals surface area contributed by atoms with E-state index >= 15 is 0 Å². The smallest absolute Gasteiger partial charge is 0.223 e. The number of nitrogens with one attached hydrogen (secondary N) is 2. The number of rotatable bonds is 6. The van der Waals surface area contributed by atoms with E-state index in [4.69, 9.17) is 5.73 Å². The summed E-state index contributed by atoms with van der Waals surface area (Å²) in [6.07, 6.45) is 5.26. The molecular weight excluding hydrogens is 290 g/mol. The zero-order chi connectivity index (χ0) is 15.5. The summed E-state index contributed by atoms with van der Waals surface area (Å²) in [6.45, 7) is 2.18. The molecule has 0 saturated heterocycles. The fourth-order valence-corrected chi connectivity index (χ4v) is 4.26. The molecule has 0 radical (unpaired) electrons. The van der Waals surface area contributed by atoms with Crippen molar-refractivity contribution in [2.24, 2.45) is 23.5 Å². The Morgan fingerprint density at radius 1 is 1.19 bits per heavy atom. The molecule has 2 bridgehead atoms. The lowest BCUT2D eigenvalue weighted by Crippen LogP contribution is -2.49. The molecule has 2 aliphatic rings. The van der Waals surface area contributed by atoms with Gasteiger partial charge in [-0.15, -0.1) is 0 Å². The van der Waals surface area contributed by atoms with Crippen molar-refractivity contribution in [2.75, 3.05) is 18.8 Å². The second kappa shape index (κ2) is 7.07. The first-order valence-electron chi connectivity index (χ1n) is 7.93. The van der Waals surface area contributed by atoms with Crippen LogP contribution in [0, 0.1) is 17.8 Å². The second-order valence-corrected chi connectivity index (χ2v) is 8.38. The number of amides is 1. The molecule has 2 rings (SSSR count). The van der Waals surface area contributed by atoms with E-state index in [2.05, 4.69) is 10.0 Å². The lowest BCUT2D eigenvalue weighted by Gasteiger charge is -2.43. The summed E-state index contributed by atoms with van der Waals surface area (Å²) in [4.78, 5) is 12.2. The van der Waals surface area contributed by atoms with Gasteiger partial charge in [0, 0.05) is 25.0 Å². The van der Waals surface area contributed by atoms with E-state index in [1.165, 1.54) is 6.42 Å². The van der Waals surface area contributed by atoms with E-state index in [1.54, 1.807) is 6.92 Å². The second-order valence-electron chi connectivity index (χ2n) is 6.29. The Bertz CT molecular complexity index is 452. The Morgan fingerprint density at radius 3 is 2.38 bits per heavy atom. The summed E-state index contributed by atoms with van der Waals surface area (Å²) in [5.74, 6) is 1.11. The van der Waals surface area contributed by atoms with Gasteiger partial charge in [-0.1, -0.05) is 6.42 Å². The molecule has 0 aromatic carbocycles. The third-order valence-electron chi connectivity index (χ3n) is 4.91. The molecule has 0 heterocycles. The van der Waals surface area contributed by atoms with E-state index in [0.29, 0.717) is 18.4 Å². The average molecular weight is 317 g/mol. The first kappa shape index (κ1) is 16.7. The maximum absolute atomic E-state index is 12.2. The van der Waals surface area contributed by atoms with Crippen molar-refractivity contribution in [3.05, 3.63) is 0 Å². The molecule has 1 amide bonds. The average Bonchev–Trinajstić information content (AvgIpc) is 2.43. The molecule has 4 N–H and O–H groups in total. The van der Waals surface area contributed by atoms with Crippen molar-refractivity contribution in [1.29, 1.82) is 0 Å². The van der Waals surface area contributed by atoms with Gasteiger partial charge in [0.2, 0.25) is 15.9 Å². The van der Waals surface area contributed by atoms with E-state index in [1.807, 2.05) is 0 Å². The number of hydrogen-bond donors (Lipinski definition) is 3. The van der Waals surface area contributed by atoms with Crippen LogP contribution in [0.4, 0.5) is 0 Å². The van der Waals surface area contributed by atoms with Gasteiger partial charge in [-0.3, -0.25) is 4.79 Å². The van der Waals surface area contributed by atoms with Crippen LogP contribution in [0.25, 0.3) is 0 Å². The van der Waals surface area contributed by atoms with Crippen LogP contribution in [-0.2, 0) is 14.8 Å². The molecule has 0 aromatic heterocycles. The summed E-state index contributed by atoms with van der Waals surface area (Å²) >= 11 is 0. The zero-order valence-corrected chi connectivity index (χ0v) is 13.5. The first-order valence-corrected chi connectivity index (χ1v) is 9.58. The highest BCUT2D eigenvalue weighted by Gasteiger charge is 2.40. The summed E-state index contributed by atoms with van der Waals surface area (Å²) in [7, 11) is -3.18. The van der Waals surface area contributed by atoms with Gasteiger partial charge in [-0.05, 0) is 44.4 Å². The molecule has 0 aliphatic heterocycles. The number of sulfonamides is 1. The zero-order valence-electron chi connectivity index (χ0n) is 12.7. The Balaban J connectivity index is 1.74. The molecule has 2 atom stereocenters. The van der Waals surface area contributed by atoms with Gasteiger partial charge >= 0.3 is 0 Å². The minimum Gasteiger partial charge on any atom is -0.355 e. The van der Waals surface area contributed by atoms with Crippen LogP contribution in [0.3, 0.4) is 0 Å². The van der Waals surface area contributed by atoms with Gasteiger partial charge in [-0.2, -0.15) is 0 Å². The van der Waals surface area contributed by atoms with Crippen molar-refractivity contribution in [1.82, 2.24) is 10.0 Å².